The second kappa shape index (κ2) is 11.4. The fourth-order valence-corrected chi connectivity index (χ4v) is 5.27. The molecular weight excluding hydrogens is 486 g/mol. The highest BCUT2D eigenvalue weighted by atomic mass is 16.7. The SMILES string of the molecule is Cn1c([C@H]2C=C(C(=O)N[C@H]3c4ccccc4C[C@H]3O)O[C@@H](OCCCCO)C2)cc(=O)n1-c1ccccc1. The molecule has 0 spiro atoms. The normalized spacial score (nSPS) is 22.4. The second-order valence-corrected chi connectivity index (χ2v) is 9.72. The van der Waals surface area contributed by atoms with Crippen molar-refractivity contribution >= 4 is 5.91 Å². The molecule has 38 heavy (non-hydrogen) atoms. The lowest BCUT2D eigenvalue weighted by molar-refractivity contribution is -0.147. The summed E-state index contributed by atoms with van der Waals surface area (Å²) in [6.45, 7) is 0.441. The van der Waals surface area contributed by atoms with Gasteiger partial charge in [0.05, 0.1) is 24.4 Å². The number of carbonyl (C=O) groups is 1. The Kier molecular flexibility index (Phi) is 7.78. The number of allylic oxidation sites excluding steroid dienone is 1. The Morgan fingerprint density at radius 2 is 1.89 bits per heavy atom. The van der Waals surface area contributed by atoms with E-state index in [1.165, 1.54) is 0 Å². The Balaban J connectivity index is 1.42. The molecule has 9 nitrogen and oxygen atoms in total. The Hall–Kier alpha value is -3.66. The number of nitrogens with zero attached hydrogens (tertiary/aromatic N) is 2. The number of aromatic nitrogens is 2. The summed E-state index contributed by atoms with van der Waals surface area (Å²) in [4.78, 5) is 26.4. The third-order valence-electron chi connectivity index (χ3n) is 7.16. The van der Waals surface area contributed by atoms with Crippen LogP contribution < -0.4 is 10.9 Å². The monoisotopic (exact) mass is 519 g/mol. The van der Waals surface area contributed by atoms with Gasteiger partial charge in [0.15, 0.2) is 5.76 Å². The van der Waals surface area contributed by atoms with Gasteiger partial charge in [-0.3, -0.25) is 14.3 Å². The van der Waals surface area contributed by atoms with E-state index in [1.807, 2.05) is 61.6 Å². The highest BCUT2D eigenvalue weighted by Crippen LogP contribution is 2.34. The molecular formula is C29H33N3O6. The molecule has 0 saturated carbocycles. The van der Waals surface area contributed by atoms with Crippen LogP contribution >= 0.6 is 0 Å². The number of hydrogen-bond donors (Lipinski definition) is 3. The fourth-order valence-electron chi connectivity index (χ4n) is 5.27. The van der Waals surface area contributed by atoms with Gasteiger partial charge in [0.2, 0.25) is 6.29 Å². The largest absolute Gasteiger partial charge is 0.459 e. The van der Waals surface area contributed by atoms with Crippen molar-refractivity contribution in [2.75, 3.05) is 13.2 Å². The minimum atomic E-state index is -0.734. The van der Waals surface area contributed by atoms with Gasteiger partial charge >= 0.3 is 0 Å². The molecule has 0 radical (unpaired) electrons. The van der Waals surface area contributed by atoms with Crippen molar-refractivity contribution in [2.24, 2.45) is 7.05 Å². The van der Waals surface area contributed by atoms with E-state index in [-0.39, 0.29) is 23.8 Å². The number of amides is 1. The molecule has 200 valence electrons. The molecule has 1 aliphatic carbocycles. The third-order valence-corrected chi connectivity index (χ3v) is 7.16. The molecule has 0 fully saturated rings. The predicted molar refractivity (Wildman–Crippen MR) is 141 cm³/mol. The highest BCUT2D eigenvalue weighted by molar-refractivity contribution is 5.92. The van der Waals surface area contributed by atoms with Gasteiger partial charge in [-0.1, -0.05) is 42.5 Å². The average molecular weight is 520 g/mol. The van der Waals surface area contributed by atoms with Crippen LogP contribution in [0.1, 0.15) is 48.0 Å². The van der Waals surface area contributed by atoms with Gasteiger partial charge in [-0.2, -0.15) is 0 Å². The summed E-state index contributed by atoms with van der Waals surface area (Å²) in [7, 11) is 1.82. The van der Waals surface area contributed by atoms with Crippen LogP contribution in [0, 0.1) is 0 Å². The number of unbranched alkanes of at least 4 members (excludes halogenated alkanes) is 1. The molecule has 2 aliphatic rings. The van der Waals surface area contributed by atoms with E-state index in [0.717, 1.165) is 22.5 Å². The molecule has 3 N–H and O–H groups in total. The number of hydrogen-bond acceptors (Lipinski definition) is 6. The van der Waals surface area contributed by atoms with Crippen LogP contribution in [0.15, 0.2) is 77.3 Å². The maximum atomic E-state index is 13.4. The summed E-state index contributed by atoms with van der Waals surface area (Å²) in [5, 5.41) is 22.6. The summed E-state index contributed by atoms with van der Waals surface area (Å²) in [6.07, 6.45) is 2.42. The molecule has 9 heteroatoms. The number of fused-ring (bicyclic) bond motifs is 1. The Labute approximate surface area is 220 Å². The second-order valence-electron chi connectivity index (χ2n) is 9.72. The average Bonchev–Trinajstić information content (AvgIpc) is 3.41. The first-order valence-electron chi connectivity index (χ1n) is 13.0. The van der Waals surface area contributed by atoms with Gasteiger partial charge in [0.1, 0.15) is 0 Å². The van der Waals surface area contributed by atoms with Crippen molar-refractivity contribution in [2.45, 2.75) is 50.0 Å². The molecule has 1 aliphatic heterocycles. The first-order valence-corrected chi connectivity index (χ1v) is 13.0. The van der Waals surface area contributed by atoms with Gasteiger partial charge in [0, 0.05) is 44.2 Å². The summed E-state index contributed by atoms with van der Waals surface area (Å²) in [5.41, 5.74) is 3.18. The van der Waals surface area contributed by atoms with Crippen LogP contribution in [-0.4, -0.2) is 51.1 Å². The lowest BCUT2D eigenvalue weighted by Gasteiger charge is -2.30. The van der Waals surface area contributed by atoms with E-state index in [1.54, 1.807) is 21.5 Å². The number of para-hydroxylation sites is 1. The molecule has 4 atom stereocenters. The molecule has 1 amide bonds. The number of aliphatic hydroxyl groups excluding tert-OH is 2. The summed E-state index contributed by atoms with van der Waals surface area (Å²) >= 11 is 0. The van der Waals surface area contributed by atoms with Crippen molar-refractivity contribution in [3.05, 3.63) is 99.7 Å². The van der Waals surface area contributed by atoms with Crippen molar-refractivity contribution in [1.82, 2.24) is 14.7 Å². The number of nitrogens with one attached hydrogen (secondary N) is 1. The summed E-state index contributed by atoms with van der Waals surface area (Å²) < 4.78 is 15.3. The Morgan fingerprint density at radius 1 is 1.13 bits per heavy atom. The van der Waals surface area contributed by atoms with E-state index in [0.29, 0.717) is 32.3 Å². The van der Waals surface area contributed by atoms with E-state index in [4.69, 9.17) is 14.6 Å². The maximum absolute atomic E-state index is 13.4. The molecule has 1 aromatic heterocycles. The van der Waals surface area contributed by atoms with Crippen LogP contribution in [0.3, 0.4) is 0 Å². The van der Waals surface area contributed by atoms with Crippen LogP contribution in [0.5, 0.6) is 0 Å². The topological polar surface area (TPSA) is 115 Å². The van der Waals surface area contributed by atoms with Crippen LogP contribution in [-0.2, 0) is 27.7 Å². The Morgan fingerprint density at radius 3 is 2.68 bits per heavy atom. The first-order chi connectivity index (χ1) is 18.5. The van der Waals surface area contributed by atoms with Crippen LogP contribution in [0.4, 0.5) is 0 Å². The van der Waals surface area contributed by atoms with Crippen molar-refractivity contribution in [1.29, 1.82) is 0 Å². The minimum absolute atomic E-state index is 0.0748. The van der Waals surface area contributed by atoms with Crippen molar-refractivity contribution < 1.29 is 24.5 Å². The van der Waals surface area contributed by atoms with E-state index in [9.17, 15) is 14.7 Å². The number of aliphatic hydroxyl groups is 2. The molecule has 3 aromatic rings. The van der Waals surface area contributed by atoms with E-state index < -0.39 is 24.3 Å². The Bertz CT molecular complexity index is 1360. The number of ether oxygens (including phenoxy) is 2. The minimum Gasteiger partial charge on any atom is -0.459 e. The fraction of sp³-hybridized carbons (Fsp3) is 0.379. The van der Waals surface area contributed by atoms with Gasteiger partial charge in [-0.25, -0.2) is 4.68 Å². The van der Waals surface area contributed by atoms with Gasteiger partial charge in [-0.05, 0) is 42.2 Å². The zero-order valence-electron chi connectivity index (χ0n) is 21.3. The van der Waals surface area contributed by atoms with Gasteiger partial charge in [-0.15, -0.1) is 0 Å². The van der Waals surface area contributed by atoms with Crippen LogP contribution in [0.2, 0.25) is 0 Å². The predicted octanol–water partition coefficient (Wildman–Crippen LogP) is 2.45. The molecule has 2 aromatic carbocycles. The van der Waals surface area contributed by atoms with Gasteiger partial charge < -0.3 is 25.0 Å². The molecule has 2 heterocycles. The maximum Gasteiger partial charge on any atom is 0.286 e. The number of rotatable bonds is 9. The number of carbonyl (C=O) groups excluding carboxylic acids is 1. The van der Waals surface area contributed by atoms with Crippen molar-refractivity contribution in [3.63, 3.8) is 0 Å². The standard InChI is InChI=1S/C29H33N3O6/c1-31-23(18-26(35)32(31)21-10-3-2-4-11-21)20-16-25(38-27(17-20)37-14-8-7-13-33)29(36)30-28-22-12-6-5-9-19(22)15-24(28)34/h2-6,9-12,16,18,20,24,27-28,33-34H,7-8,13-15,17H2,1H3,(H,30,36)/t20-,24+,27+,28-/m0/s1. The number of benzene rings is 2. The lowest BCUT2D eigenvalue weighted by Crippen LogP contribution is -2.38. The highest BCUT2D eigenvalue weighted by Gasteiger charge is 2.35. The smallest absolute Gasteiger partial charge is 0.286 e. The molecule has 5 rings (SSSR count). The van der Waals surface area contributed by atoms with Gasteiger partial charge in [0.25, 0.3) is 11.5 Å². The van der Waals surface area contributed by atoms with E-state index in [2.05, 4.69) is 5.32 Å². The quantitative estimate of drug-likeness (QED) is 0.374. The zero-order valence-corrected chi connectivity index (χ0v) is 21.3. The van der Waals surface area contributed by atoms with Crippen LogP contribution in [0.25, 0.3) is 5.69 Å². The molecule has 0 saturated heterocycles. The molecule has 0 unspecified atom stereocenters. The summed E-state index contributed by atoms with van der Waals surface area (Å²) in [5.74, 6) is -0.687. The first kappa shape index (κ1) is 26.0. The lowest BCUT2D eigenvalue weighted by atomic mass is 9.97. The van der Waals surface area contributed by atoms with Crippen molar-refractivity contribution in [3.8, 4) is 5.69 Å². The third kappa shape index (κ3) is 5.31. The van der Waals surface area contributed by atoms with E-state index >= 15 is 0 Å². The molecule has 0 bridgehead atoms. The zero-order chi connectivity index (χ0) is 26.6. The summed E-state index contributed by atoms with van der Waals surface area (Å²) in [6, 6.07) is 18.1.